The lowest BCUT2D eigenvalue weighted by molar-refractivity contribution is 0.346. The summed E-state index contributed by atoms with van der Waals surface area (Å²) in [5.41, 5.74) is 11.4. The summed E-state index contributed by atoms with van der Waals surface area (Å²) < 4.78 is 11.4. The van der Waals surface area contributed by atoms with Gasteiger partial charge in [-0.15, -0.1) is 0 Å². The van der Waals surface area contributed by atoms with Crippen molar-refractivity contribution in [2.24, 2.45) is 11.8 Å². The Morgan fingerprint density at radius 3 is 2.25 bits per heavy atom. The molecule has 52 heavy (non-hydrogen) atoms. The van der Waals surface area contributed by atoms with Crippen molar-refractivity contribution in [1.29, 1.82) is 0 Å². The molecule has 1 unspecified atom stereocenters. The Morgan fingerprint density at radius 2 is 1.54 bits per heavy atom. The van der Waals surface area contributed by atoms with Gasteiger partial charge in [-0.2, -0.15) is 5.10 Å². The van der Waals surface area contributed by atoms with Gasteiger partial charge in [0.05, 0.1) is 22.4 Å². The normalized spacial score (nSPS) is 17.8. The molecule has 0 fully saturated rings. The number of fused-ring (bicyclic) bond motifs is 3. The van der Waals surface area contributed by atoms with Gasteiger partial charge in [0.1, 0.15) is 17.3 Å². The summed E-state index contributed by atoms with van der Waals surface area (Å²) in [6, 6.07) is 26.1. The Kier molecular flexibility index (Phi) is 10.2. The van der Waals surface area contributed by atoms with Crippen LogP contribution in [-0.2, 0) is 12.8 Å². The molecule has 5 heteroatoms. The first kappa shape index (κ1) is 35.7. The zero-order valence-corrected chi connectivity index (χ0v) is 32.7. The minimum absolute atomic E-state index is 0.330. The summed E-state index contributed by atoms with van der Waals surface area (Å²) in [4.78, 5) is 4.85. The van der Waals surface area contributed by atoms with Gasteiger partial charge in [0.25, 0.3) is 0 Å². The van der Waals surface area contributed by atoms with Crippen molar-refractivity contribution in [3.63, 3.8) is 0 Å². The monoisotopic (exact) mass is 692 g/mol. The van der Waals surface area contributed by atoms with Gasteiger partial charge in [-0.25, -0.2) is 9.67 Å². The Labute approximate surface area is 310 Å². The lowest BCUT2D eigenvalue weighted by atomic mass is 9.69. The molecule has 5 nitrogen and oxygen atoms in total. The molecule has 6 aromatic rings. The fourth-order valence-corrected chi connectivity index (χ4v) is 8.74. The van der Waals surface area contributed by atoms with E-state index in [1.165, 1.54) is 51.7 Å². The van der Waals surface area contributed by atoms with Crippen molar-refractivity contribution < 1.29 is 4.74 Å². The molecule has 0 aliphatic heterocycles. The summed E-state index contributed by atoms with van der Waals surface area (Å²) >= 11 is 0. The van der Waals surface area contributed by atoms with Gasteiger partial charge in [-0.3, -0.25) is 4.57 Å². The summed E-state index contributed by atoms with van der Waals surface area (Å²) in [7, 11) is 0. The maximum Gasteiger partial charge on any atom is 0.137 e. The minimum atomic E-state index is 0.330. The number of pyridine rings is 1. The van der Waals surface area contributed by atoms with Crippen LogP contribution in [-0.4, -0.2) is 19.3 Å². The van der Waals surface area contributed by atoms with Crippen molar-refractivity contribution in [3.05, 3.63) is 119 Å². The first-order chi connectivity index (χ1) is 25.1. The Bertz CT molecular complexity index is 2250. The van der Waals surface area contributed by atoms with E-state index in [1.54, 1.807) is 5.57 Å². The second-order valence-electron chi connectivity index (χ2n) is 15.5. The van der Waals surface area contributed by atoms with Crippen LogP contribution in [0.4, 0.5) is 0 Å². The first-order valence-corrected chi connectivity index (χ1v) is 19.8. The Hall–Kier alpha value is -4.64. The van der Waals surface area contributed by atoms with E-state index in [4.69, 9.17) is 14.8 Å². The largest absolute Gasteiger partial charge is 0.457 e. The number of allylic oxidation sites excluding steroid dienone is 2. The van der Waals surface area contributed by atoms with Crippen LogP contribution in [0.3, 0.4) is 0 Å². The van der Waals surface area contributed by atoms with Crippen LogP contribution >= 0.6 is 0 Å². The number of nitrogens with zero attached hydrogens (tertiary/aromatic N) is 4. The van der Waals surface area contributed by atoms with Crippen LogP contribution in [0.1, 0.15) is 127 Å². The van der Waals surface area contributed by atoms with E-state index in [0.717, 1.165) is 53.3 Å². The zero-order valence-electron chi connectivity index (χ0n) is 32.7. The molecule has 3 aromatic heterocycles. The third-order valence-corrected chi connectivity index (χ3v) is 11.4. The topological polar surface area (TPSA) is 44.9 Å². The van der Waals surface area contributed by atoms with Gasteiger partial charge in [0.15, 0.2) is 0 Å². The second kappa shape index (κ2) is 14.8. The van der Waals surface area contributed by atoms with Crippen LogP contribution in [0.15, 0.2) is 90.6 Å². The SMILES string of the molecule is CCC1=C[C@H](C)C[C@H](CC)C1c1c(CC)nn(-c2cc(Oc3ccc4c5ccccc5n(-c5cc(C(C)C)ccn5)c4c3)cc(C(C)C)c2)c1CC. The molecule has 270 valence electrons. The number of hydrogen-bond donors (Lipinski definition) is 0. The van der Waals surface area contributed by atoms with Gasteiger partial charge in [-0.1, -0.05) is 98.6 Å². The molecule has 0 amide bonds. The molecule has 0 saturated carbocycles. The minimum Gasteiger partial charge on any atom is -0.457 e. The molecule has 3 heterocycles. The highest BCUT2D eigenvalue weighted by Gasteiger charge is 2.35. The van der Waals surface area contributed by atoms with E-state index >= 15 is 0 Å². The van der Waals surface area contributed by atoms with E-state index in [1.807, 2.05) is 6.20 Å². The maximum atomic E-state index is 6.84. The number of hydrogen-bond acceptors (Lipinski definition) is 3. The summed E-state index contributed by atoms with van der Waals surface area (Å²) in [6.07, 6.45) is 9.86. The maximum absolute atomic E-state index is 6.84. The number of aryl methyl sites for hydroxylation is 1. The van der Waals surface area contributed by atoms with E-state index < -0.39 is 0 Å². The van der Waals surface area contributed by atoms with Crippen molar-refractivity contribution in [1.82, 2.24) is 19.3 Å². The van der Waals surface area contributed by atoms with Gasteiger partial charge < -0.3 is 4.74 Å². The van der Waals surface area contributed by atoms with Crippen LogP contribution in [0.5, 0.6) is 11.5 Å². The van der Waals surface area contributed by atoms with E-state index in [9.17, 15) is 0 Å². The second-order valence-corrected chi connectivity index (χ2v) is 15.5. The van der Waals surface area contributed by atoms with Crippen LogP contribution in [0.2, 0.25) is 0 Å². The molecular weight excluding hydrogens is 637 g/mol. The van der Waals surface area contributed by atoms with Crippen molar-refractivity contribution in [2.45, 2.75) is 112 Å². The van der Waals surface area contributed by atoms with Crippen LogP contribution in [0.25, 0.3) is 33.3 Å². The number of para-hydroxylation sites is 1. The van der Waals surface area contributed by atoms with Gasteiger partial charge >= 0.3 is 0 Å². The highest BCUT2D eigenvalue weighted by molar-refractivity contribution is 6.09. The average molecular weight is 693 g/mol. The summed E-state index contributed by atoms with van der Waals surface area (Å²) in [6.45, 7) is 20.6. The molecule has 3 atom stereocenters. The fraction of sp³-hybridized carbons (Fsp3) is 0.404. The van der Waals surface area contributed by atoms with Crippen molar-refractivity contribution in [3.8, 4) is 23.0 Å². The lowest BCUT2D eigenvalue weighted by Crippen LogP contribution is -2.23. The van der Waals surface area contributed by atoms with E-state index in [0.29, 0.717) is 29.6 Å². The highest BCUT2D eigenvalue weighted by Crippen LogP contribution is 2.46. The molecule has 1 aliphatic rings. The number of benzene rings is 3. The molecule has 0 spiro atoms. The summed E-state index contributed by atoms with van der Waals surface area (Å²) in [5.74, 6) is 4.99. The average Bonchev–Trinajstić information content (AvgIpc) is 3.69. The third kappa shape index (κ3) is 6.48. The molecule has 1 aliphatic carbocycles. The molecule has 0 N–H and O–H groups in total. The zero-order chi connectivity index (χ0) is 36.7. The predicted octanol–water partition coefficient (Wildman–Crippen LogP) is 13.0. The third-order valence-electron chi connectivity index (χ3n) is 11.4. The first-order valence-electron chi connectivity index (χ1n) is 19.8. The molecule has 7 rings (SSSR count). The fourth-order valence-electron chi connectivity index (χ4n) is 8.74. The molecule has 3 aromatic carbocycles. The smallest absolute Gasteiger partial charge is 0.137 e. The Balaban J connectivity index is 1.34. The van der Waals surface area contributed by atoms with Crippen molar-refractivity contribution in [2.75, 3.05) is 0 Å². The molecule has 0 saturated heterocycles. The number of ether oxygens (including phenoxy) is 1. The Morgan fingerprint density at radius 1 is 0.769 bits per heavy atom. The molecule has 0 bridgehead atoms. The van der Waals surface area contributed by atoms with Crippen molar-refractivity contribution >= 4 is 21.8 Å². The van der Waals surface area contributed by atoms with E-state index in [2.05, 4.69) is 150 Å². The van der Waals surface area contributed by atoms with E-state index in [-0.39, 0.29) is 0 Å². The molecular formula is C47H56N4O. The van der Waals surface area contributed by atoms with Gasteiger partial charge in [0.2, 0.25) is 0 Å². The molecule has 0 radical (unpaired) electrons. The number of aromatic nitrogens is 4. The predicted molar refractivity (Wildman–Crippen MR) is 218 cm³/mol. The quantitative estimate of drug-likeness (QED) is 0.127. The van der Waals surface area contributed by atoms with Gasteiger partial charge in [-0.05, 0) is 103 Å². The van der Waals surface area contributed by atoms with Gasteiger partial charge in [0, 0.05) is 46.3 Å². The van der Waals surface area contributed by atoms with Crippen LogP contribution < -0.4 is 4.74 Å². The highest BCUT2D eigenvalue weighted by atomic mass is 16.5. The van der Waals surface area contributed by atoms with Crippen LogP contribution in [0, 0.1) is 11.8 Å². The standard InChI is InChI=1S/C47H56N4O/c1-10-32-22-31(9)23-33(11-2)46(32)47-41(12-3)49-51(42(47)13-4)36-24-35(30(7)8)25-38(27-36)52-37-18-19-40-39-16-14-15-17-43(39)50(44(40)28-37)45-26-34(29(5)6)20-21-48-45/h14-22,24-31,33,46H,10-13,23H2,1-9H3/t31-,33-,46?/m0/s1. The lowest BCUT2D eigenvalue weighted by Gasteiger charge is -2.35. The number of rotatable bonds is 11. The summed E-state index contributed by atoms with van der Waals surface area (Å²) in [5, 5.41) is 7.79.